The standard InChI is InChI=1S/C22H27NO2/c1-15-11-12-19(16(2)13-15)17(3)23-22(24)14-25-21-10-6-8-18-7-4-5-9-20(18)21/h6,8,10-13,17H,4-5,7,9,14H2,1-3H3,(H,23,24)/t17-/m1/s1. The summed E-state index contributed by atoms with van der Waals surface area (Å²) >= 11 is 0. The van der Waals surface area contributed by atoms with Gasteiger partial charge in [0.05, 0.1) is 6.04 Å². The lowest BCUT2D eigenvalue weighted by molar-refractivity contribution is -0.123. The van der Waals surface area contributed by atoms with Crippen LogP contribution in [0.15, 0.2) is 36.4 Å². The van der Waals surface area contributed by atoms with Crippen molar-refractivity contribution in [1.82, 2.24) is 5.32 Å². The maximum absolute atomic E-state index is 12.3. The van der Waals surface area contributed by atoms with Crippen molar-refractivity contribution in [2.45, 2.75) is 52.5 Å². The van der Waals surface area contributed by atoms with Crippen LogP contribution in [0.5, 0.6) is 5.75 Å². The molecule has 0 saturated carbocycles. The third-order valence-corrected chi connectivity index (χ3v) is 4.98. The van der Waals surface area contributed by atoms with E-state index < -0.39 is 0 Å². The number of carbonyl (C=O) groups excluding carboxylic acids is 1. The average Bonchev–Trinajstić information content (AvgIpc) is 2.59. The monoisotopic (exact) mass is 337 g/mol. The van der Waals surface area contributed by atoms with Crippen molar-refractivity contribution in [2.24, 2.45) is 0 Å². The van der Waals surface area contributed by atoms with Crippen LogP contribution < -0.4 is 10.1 Å². The lowest BCUT2D eigenvalue weighted by atomic mass is 9.91. The van der Waals surface area contributed by atoms with Gasteiger partial charge in [0.1, 0.15) is 5.75 Å². The number of amides is 1. The lowest BCUT2D eigenvalue weighted by Crippen LogP contribution is -2.31. The minimum atomic E-state index is -0.0825. The van der Waals surface area contributed by atoms with E-state index in [2.05, 4.69) is 43.4 Å². The zero-order valence-electron chi connectivity index (χ0n) is 15.4. The molecular formula is C22H27NO2. The van der Waals surface area contributed by atoms with Gasteiger partial charge in [-0.1, -0.05) is 35.9 Å². The van der Waals surface area contributed by atoms with E-state index in [1.807, 2.05) is 19.1 Å². The molecule has 1 aliphatic rings. The highest BCUT2D eigenvalue weighted by Crippen LogP contribution is 2.29. The van der Waals surface area contributed by atoms with Gasteiger partial charge in [-0.05, 0) is 74.8 Å². The molecule has 1 N–H and O–H groups in total. The molecule has 1 atom stereocenters. The molecule has 0 heterocycles. The van der Waals surface area contributed by atoms with Crippen molar-refractivity contribution in [3.05, 3.63) is 64.2 Å². The minimum absolute atomic E-state index is 0.0265. The number of fused-ring (bicyclic) bond motifs is 1. The number of nitrogens with one attached hydrogen (secondary N) is 1. The van der Waals surface area contributed by atoms with Gasteiger partial charge in [-0.25, -0.2) is 0 Å². The Morgan fingerprint density at radius 3 is 2.76 bits per heavy atom. The predicted octanol–water partition coefficient (Wildman–Crippen LogP) is 4.44. The fourth-order valence-corrected chi connectivity index (χ4v) is 3.70. The highest BCUT2D eigenvalue weighted by Gasteiger charge is 2.16. The third-order valence-electron chi connectivity index (χ3n) is 4.98. The topological polar surface area (TPSA) is 38.3 Å². The smallest absolute Gasteiger partial charge is 0.258 e. The van der Waals surface area contributed by atoms with Gasteiger partial charge in [0, 0.05) is 0 Å². The Morgan fingerprint density at radius 2 is 1.96 bits per heavy atom. The summed E-state index contributed by atoms with van der Waals surface area (Å²) in [6.45, 7) is 6.23. The first-order valence-corrected chi connectivity index (χ1v) is 9.14. The Labute approximate surface area is 150 Å². The maximum atomic E-state index is 12.3. The average molecular weight is 337 g/mol. The Morgan fingerprint density at radius 1 is 1.16 bits per heavy atom. The molecule has 0 fully saturated rings. The van der Waals surface area contributed by atoms with Crippen LogP contribution in [0.2, 0.25) is 0 Å². The van der Waals surface area contributed by atoms with Gasteiger partial charge in [-0.2, -0.15) is 0 Å². The van der Waals surface area contributed by atoms with Crippen LogP contribution in [0.4, 0.5) is 0 Å². The van der Waals surface area contributed by atoms with Crippen LogP contribution in [0, 0.1) is 13.8 Å². The van der Waals surface area contributed by atoms with Gasteiger partial charge < -0.3 is 10.1 Å². The molecule has 0 saturated heterocycles. The number of aryl methyl sites for hydroxylation is 3. The maximum Gasteiger partial charge on any atom is 0.258 e. The van der Waals surface area contributed by atoms with Crippen LogP contribution in [-0.2, 0) is 17.6 Å². The van der Waals surface area contributed by atoms with E-state index in [4.69, 9.17) is 4.74 Å². The largest absolute Gasteiger partial charge is 0.483 e. The molecule has 3 rings (SSSR count). The van der Waals surface area contributed by atoms with Gasteiger partial charge in [0.2, 0.25) is 0 Å². The molecule has 0 aliphatic heterocycles. The highest BCUT2D eigenvalue weighted by atomic mass is 16.5. The van der Waals surface area contributed by atoms with Crippen molar-refractivity contribution >= 4 is 5.91 Å². The number of hydrogen-bond donors (Lipinski definition) is 1. The SMILES string of the molecule is Cc1ccc([C@@H](C)NC(=O)COc2cccc3c2CCCC3)c(C)c1. The van der Waals surface area contributed by atoms with E-state index in [0.717, 1.165) is 24.2 Å². The number of carbonyl (C=O) groups is 1. The van der Waals surface area contributed by atoms with Gasteiger partial charge in [-0.15, -0.1) is 0 Å². The normalized spacial score (nSPS) is 14.5. The molecule has 25 heavy (non-hydrogen) atoms. The van der Waals surface area contributed by atoms with E-state index in [1.165, 1.54) is 35.1 Å². The first kappa shape index (κ1) is 17.5. The second kappa shape index (κ2) is 7.73. The van der Waals surface area contributed by atoms with Crippen molar-refractivity contribution in [3.8, 4) is 5.75 Å². The fourth-order valence-electron chi connectivity index (χ4n) is 3.70. The molecule has 1 amide bonds. The van der Waals surface area contributed by atoms with Crippen LogP contribution in [0.3, 0.4) is 0 Å². The number of ether oxygens (including phenoxy) is 1. The Hall–Kier alpha value is -2.29. The summed E-state index contributed by atoms with van der Waals surface area (Å²) in [5.41, 5.74) is 6.23. The van der Waals surface area contributed by atoms with Crippen LogP contribution in [-0.4, -0.2) is 12.5 Å². The van der Waals surface area contributed by atoms with Gasteiger partial charge >= 0.3 is 0 Å². The summed E-state index contributed by atoms with van der Waals surface area (Å²) < 4.78 is 5.84. The second-order valence-corrected chi connectivity index (χ2v) is 7.04. The molecular weight excluding hydrogens is 310 g/mol. The molecule has 0 aromatic heterocycles. The molecule has 1 aliphatic carbocycles. The van der Waals surface area contributed by atoms with Crippen LogP contribution in [0.25, 0.3) is 0 Å². The molecule has 132 valence electrons. The van der Waals surface area contributed by atoms with Crippen molar-refractivity contribution in [1.29, 1.82) is 0 Å². The summed E-state index contributed by atoms with van der Waals surface area (Å²) in [5.74, 6) is 0.785. The minimum Gasteiger partial charge on any atom is -0.483 e. The van der Waals surface area contributed by atoms with E-state index in [-0.39, 0.29) is 18.6 Å². The van der Waals surface area contributed by atoms with E-state index in [9.17, 15) is 4.79 Å². The summed E-state index contributed by atoms with van der Waals surface area (Å²) in [7, 11) is 0. The molecule has 0 unspecified atom stereocenters. The first-order chi connectivity index (χ1) is 12.0. The Balaban J connectivity index is 1.60. The number of hydrogen-bond acceptors (Lipinski definition) is 2. The zero-order chi connectivity index (χ0) is 17.8. The number of rotatable bonds is 5. The summed E-state index contributed by atoms with van der Waals surface area (Å²) in [6.07, 6.45) is 4.60. The predicted molar refractivity (Wildman–Crippen MR) is 101 cm³/mol. The molecule has 2 aromatic carbocycles. The van der Waals surface area contributed by atoms with E-state index in [0.29, 0.717) is 0 Å². The van der Waals surface area contributed by atoms with Crippen molar-refractivity contribution < 1.29 is 9.53 Å². The Kier molecular flexibility index (Phi) is 5.42. The molecule has 3 heteroatoms. The molecule has 0 radical (unpaired) electrons. The molecule has 0 spiro atoms. The van der Waals surface area contributed by atoms with Crippen molar-refractivity contribution in [3.63, 3.8) is 0 Å². The fraction of sp³-hybridized carbons (Fsp3) is 0.409. The van der Waals surface area contributed by atoms with Gasteiger partial charge in [0.15, 0.2) is 6.61 Å². The first-order valence-electron chi connectivity index (χ1n) is 9.14. The second-order valence-electron chi connectivity index (χ2n) is 7.04. The van der Waals surface area contributed by atoms with Gasteiger partial charge in [0.25, 0.3) is 5.91 Å². The van der Waals surface area contributed by atoms with Crippen LogP contribution in [0.1, 0.15) is 53.6 Å². The zero-order valence-corrected chi connectivity index (χ0v) is 15.4. The number of benzene rings is 2. The molecule has 0 bridgehead atoms. The van der Waals surface area contributed by atoms with Crippen LogP contribution >= 0.6 is 0 Å². The summed E-state index contributed by atoms with van der Waals surface area (Å²) in [4.78, 5) is 12.3. The van der Waals surface area contributed by atoms with E-state index in [1.54, 1.807) is 0 Å². The molecule has 2 aromatic rings. The quantitative estimate of drug-likeness (QED) is 0.876. The highest BCUT2D eigenvalue weighted by molar-refractivity contribution is 5.78. The Bertz CT molecular complexity index is 767. The van der Waals surface area contributed by atoms with E-state index >= 15 is 0 Å². The van der Waals surface area contributed by atoms with Crippen molar-refractivity contribution in [2.75, 3.05) is 6.61 Å². The lowest BCUT2D eigenvalue weighted by Gasteiger charge is -2.20. The third kappa shape index (κ3) is 4.22. The summed E-state index contributed by atoms with van der Waals surface area (Å²) in [6, 6.07) is 12.5. The van der Waals surface area contributed by atoms with Gasteiger partial charge in [-0.3, -0.25) is 4.79 Å². The molecule has 3 nitrogen and oxygen atoms in total. The summed E-state index contributed by atoms with van der Waals surface area (Å²) in [5, 5.41) is 3.04.